The van der Waals surface area contributed by atoms with Gasteiger partial charge >= 0.3 is 0 Å². The molecule has 0 bridgehead atoms. The summed E-state index contributed by atoms with van der Waals surface area (Å²) < 4.78 is 0. The summed E-state index contributed by atoms with van der Waals surface area (Å²) >= 11 is 0. The van der Waals surface area contributed by atoms with E-state index in [0.717, 1.165) is 25.0 Å². The lowest BCUT2D eigenvalue weighted by Gasteiger charge is -2.34. The minimum Gasteiger partial charge on any atom is -0.369 e. The fourth-order valence-electron chi connectivity index (χ4n) is 2.17. The van der Waals surface area contributed by atoms with Gasteiger partial charge in [0.1, 0.15) is 12.2 Å². The first-order valence-corrected chi connectivity index (χ1v) is 6.21. The summed E-state index contributed by atoms with van der Waals surface area (Å²) in [6, 6.07) is 1.90. The number of anilines is 1. The van der Waals surface area contributed by atoms with Gasteiger partial charge in [-0.3, -0.25) is 19.5 Å². The van der Waals surface area contributed by atoms with Crippen molar-refractivity contribution in [1.29, 1.82) is 0 Å². The maximum absolute atomic E-state index is 11.3. The monoisotopic (exact) mass is 278 g/mol. The number of carbonyl (C=O) groups is 3. The van der Waals surface area contributed by atoms with Gasteiger partial charge < -0.3 is 16.4 Å². The topological polar surface area (TPSA) is 130 Å². The van der Waals surface area contributed by atoms with Crippen LogP contribution in [0, 0.1) is 6.42 Å². The molecule has 3 amide bonds. The van der Waals surface area contributed by atoms with Gasteiger partial charge in [-0.1, -0.05) is 0 Å². The van der Waals surface area contributed by atoms with Crippen LogP contribution >= 0.6 is 0 Å². The number of nitrogens with zero attached hydrogens (tertiary/aromatic N) is 1. The highest BCUT2D eigenvalue weighted by Crippen LogP contribution is 2.36. The second-order valence-corrected chi connectivity index (χ2v) is 4.81. The molecule has 8 nitrogen and oxygen atoms in total. The number of rotatable bonds is 5. The van der Waals surface area contributed by atoms with E-state index in [0.29, 0.717) is 5.82 Å². The third-order valence-electron chi connectivity index (χ3n) is 3.09. The Kier molecular flexibility index (Phi) is 4.02. The van der Waals surface area contributed by atoms with E-state index < -0.39 is 11.8 Å². The van der Waals surface area contributed by atoms with E-state index in [9.17, 15) is 14.4 Å². The molecule has 0 unspecified atom stereocenters. The standard InChI is InChI=1S/C12H16N5O3/c1-6(18)14-8-2-7(3-8)9-4-11(17-16-9)15-12(20)5-10(13)19/h4-5,7-8H,2-3H2,1H3,(H2,13,19)(H,14,18)(H2,15,16,17,20)/t7-,8+. The van der Waals surface area contributed by atoms with Gasteiger partial charge in [-0.05, 0) is 12.8 Å². The van der Waals surface area contributed by atoms with E-state index in [1.54, 1.807) is 6.07 Å². The van der Waals surface area contributed by atoms with Crippen LogP contribution in [0.3, 0.4) is 0 Å². The average Bonchev–Trinajstić information content (AvgIpc) is 2.69. The van der Waals surface area contributed by atoms with Gasteiger partial charge in [0.15, 0.2) is 0 Å². The molecule has 1 radical (unpaired) electrons. The Hall–Kier alpha value is -2.38. The highest BCUT2D eigenvalue weighted by Gasteiger charge is 2.32. The van der Waals surface area contributed by atoms with Crippen LogP contribution in [0.2, 0.25) is 0 Å². The number of carbonyl (C=O) groups excluding carboxylic acids is 3. The number of amides is 3. The van der Waals surface area contributed by atoms with Gasteiger partial charge in [0.25, 0.3) is 0 Å². The van der Waals surface area contributed by atoms with Crippen LogP contribution in [0.25, 0.3) is 0 Å². The molecule has 1 aliphatic carbocycles. The number of nitrogens with one attached hydrogen (secondary N) is 3. The molecule has 107 valence electrons. The highest BCUT2D eigenvalue weighted by atomic mass is 16.2. The van der Waals surface area contributed by atoms with Crippen molar-refractivity contribution < 1.29 is 14.4 Å². The number of aromatic nitrogens is 2. The first-order chi connectivity index (χ1) is 9.44. The molecule has 0 spiro atoms. The molecular weight excluding hydrogens is 262 g/mol. The van der Waals surface area contributed by atoms with Crippen LogP contribution in [-0.4, -0.2) is 34.0 Å². The van der Waals surface area contributed by atoms with Crippen LogP contribution in [-0.2, 0) is 14.4 Å². The number of primary amides is 1. The fourth-order valence-corrected chi connectivity index (χ4v) is 2.17. The molecule has 1 aromatic rings. The zero-order chi connectivity index (χ0) is 14.7. The van der Waals surface area contributed by atoms with E-state index >= 15 is 0 Å². The summed E-state index contributed by atoms with van der Waals surface area (Å²) in [6.07, 6.45) is 2.41. The molecule has 1 aliphatic rings. The maximum atomic E-state index is 11.3. The third-order valence-corrected chi connectivity index (χ3v) is 3.09. The molecular formula is C12H16N5O3. The van der Waals surface area contributed by atoms with Crippen LogP contribution < -0.4 is 16.4 Å². The molecule has 1 saturated carbocycles. The van der Waals surface area contributed by atoms with E-state index in [-0.39, 0.29) is 17.9 Å². The fraction of sp³-hybridized carbons (Fsp3) is 0.417. The molecule has 1 heterocycles. The van der Waals surface area contributed by atoms with Crippen molar-refractivity contribution >= 4 is 23.5 Å². The first-order valence-electron chi connectivity index (χ1n) is 6.21. The minimum atomic E-state index is -0.806. The molecule has 1 fully saturated rings. The first kappa shape index (κ1) is 14.0. The predicted molar refractivity (Wildman–Crippen MR) is 70.3 cm³/mol. The zero-order valence-corrected chi connectivity index (χ0v) is 11.0. The summed E-state index contributed by atoms with van der Waals surface area (Å²) in [5.41, 5.74) is 5.69. The summed E-state index contributed by atoms with van der Waals surface area (Å²) in [5, 5.41) is 12.1. The number of nitrogens with two attached hydrogens (primary N) is 1. The minimum absolute atomic E-state index is 0.0366. The van der Waals surface area contributed by atoms with E-state index in [2.05, 4.69) is 20.8 Å². The Bertz CT molecular complexity index is 533. The van der Waals surface area contributed by atoms with Gasteiger partial charge in [0.2, 0.25) is 17.7 Å². The summed E-state index contributed by atoms with van der Waals surface area (Å²) in [5.74, 6) is -0.776. The summed E-state index contributed by atoms with van der Waals surface area (Å²) in [6.45, 7) is 1.49. The van der Waals surface area contributed by atoms with E-state index in [1.165, 1.54) is 6.92 Å². The van der Waals surface area contributed by atoms with Crippen molar-refractivity contribution in [3.8, 4) is 0 Å². The van der Waals surface area contributed by atoms with Crippen molar-refractivity contribution in [3.63, 3.8) is 0 Å². The van der Waals surface area contributed by atoms with Gasteiger partial charge in [0, 0.05) is 24.9 Å². The summed E-state index contributed by atoms with van der Waals surface area (Å²) in [7, 11) is 0. The molecule has 20 heavy (non-hydrogen) atoms. The lowest BCUT2D eigenvalue weighted by Crippen LogP contribution is -2.42. The van der Waals surface area contributed by atoms with Crippen molar-refractivity contribution in [2.45, 2.75) is 31.7 Å². The quantitative estimate of drug-likeness (QED) is 0.537. The lowest BCUT2D eigenvalue weighted by molar-refractivity contribution is -0.121. The lowest BCUT2D eigenvalue weighted by atomic mass is 9.78. The van der Waals surface area contributed by atoms with Crippen LogP contribution in [0.4, 0.5) is 5.82 Å². The second kappa shape index (κ2) is 5.72. The Labute approximate surface area is 115 Å². The maximum Gasteiger partial charge on any atom is 0.239 e. The van der Waals surface area contributed by atoms with Crippen molar-refractivity contribution in [3.05, 3.63) is 18.2 Å². The van der Waals surface area contributed by atoms with Crippen LogP contribution in [0.15, 0.2) is 6.07 Å². The Morgan fingerprint density at radius 3 is 2.75 bits per heavy atom. The van der Waals surface area contributed by atoms with E-state index in [4.69, 9.17) is 5.73 Å². The predicted octanol–water partition coefficient (Wildman–Crippen LogP) is -0.580. The van der Waals surface area contributed by atoms with Crippen molar-refractivity contribution in [2.24, 2.45) is 5.73 Å². The van der Waals surface area contributed by atoms with Crippen LogP contribution in [0.5, 0.6) is 0 Å². The highest BCUT2D eigenvalue weighted by molar-refractivity contribution is 6.12. The molecule has 0 aromatic carbocycles. The van der Waals surface area contributed by atoms with Gasteiger partial charge in [-0.25, -0.2) is 0 Å². The van der Waals surface area contributed by atoms with Gasteiger partial charge in [-0.2, -0.15) is 5.10 Å². The number of H-pyrrole nitrogens is 1. The molecule has 2 rings (SSSR count). The Morgan fingerprint density at radius 1 is 1.45 bits per heavy atom. The SMILES string of the molecule is CC(=O)N[C@H]1C[C@@H](c2cc(NC(=O)[CH]C(N)=O)[nH]n2)C1. The summed E-state index contributed by atoms with van der Waals surface area (Å²) in [4.78, 5) is 32.7. The molecule has 0 atom stereocenters. The molecule has 1 aromatic heterocycles. The second-order valence-electron chi connectivity index (χ2n) is 4.81. The van der Waals surface area contributed by atoms with Crippen molar-refractivity contribution in [2.75, 3.05) is 5.32 Å². The van der Waals surface area contributed by atoms with Crippen LogP contribution in [0.1, 0.15) is 31.4 Å². The van der Waals surface area contributed by atoms with Crippen molar-refractivity contribution in [1.82, 2.24) is 15.5 Å². The smallest absolute Gasteiger partial charge is 0.239 e. The van der Waals surface area contributed by atoms with Gasteiger partial charge in [-0.15, -0.1) is 0 Å². The number of hydrogen-bond acceptors (Lipinski definition) is 4. The molecule has 0 saturated heterocycles. The average molecular weight is 278 g/mol. The third kappa shape index (κ3) is 3.56. The molecule has 5 N–H and O–H groups in total. The Balaban J connectivity index is 1.83. The molecule has 0 aliphatic heterocycles. The zero-order valence-electron chi connectivity index (χ0n) is 11.0. The normalized spacial score (nSPS) is 20.9. The number of aromatic amines is 1. The molecule has 8 heteroatoms. The Morgan fingerprint density at radius 2 is 2.15 bits per heavy atom. The number of hydrogen-bond donors (Lipinski definition) is 4. The van der Waals surface area contributed by atoms with E-state index in [1.807, 2.05) is 0 Å². The largest absolute Gasteiger partial charge is 0.369 e. The van der Waals surface area contributed by atoms with Gasteiger partial charge in [0.05, 0.1) is 5.69 Å².